The van der Waals surface area contributed by atoms with E-state index in [1.165, 1.54) is 12.8 Å². The quantitative estimate of drug-likeness (QED) is 0.556. The molecule has 4 N–H and O–H groups in total. The number of rotatable bonds is 2. The zero-order chi connectivity index (χ0) is 6.48. The third-order valence-electron chi connectivity index (χ3n) is 2.62. The third kappa shape index (κ3) is 0.864. The summed E-state index contributed by atoms with van der Waals surface area (Å²) < 4.78 is 0. The van der Waals surface area contributed by atoms with Crippen LogP contribution in [0.5, 0.6) is 0 Å². The third-order valence-corrected chi connectivity index (χ3v) is 2.62. The molecule has 0 radical (unpaired) electrons. The van der Waals surface area contributed by atoms with Crippen LogP contribution >= 0.6 is 0 Å². The first-order valence-corrected chi connectivity index (χ1v) is 3.77. The number of hydrogen-bond donors (Lipinski definition) is 2. The van der Waals surface area contributed by atoms with Gasteiger partial charge in [0.1, 0.15) is 0 Å². The highest BCUT2D eigenvalue weighted by Crippen LogP contribution is 2.44. The second-order valence-electron chi connectivity index (χ2n) is 3.60. The van der Waals surface area contributed by atoms with Crippen molar-refractivity contribution in [3.8, 4) is 0 Å². The normalized spacial score (nSPS) is 34.0. The topological polar surface area (TPSA) is 52.0 Å². The molecule has 2 fully saturated rings. The SMILES string of the molecule is N[C@H](C1CC1)C1(N)CC1. The van der Waals surface area contributed by atoms with Gasteiger partial charge >= 0.3 is 0 Å². The Kier molecular flexibility index (Phi) is 0.945. The summed E-state index contributed by atoms with van der Waals surface area (Å²) in [6.45, 7) is 0. The average Bonchev–Trinajstić information content (AvgIpc) is 2.54. The Bertz CT molecular complexity index is 125. The van der Waals surface area contributed by atoms with E-state index in [4.69, 9.17) is 11.5 Å². The van der Waals surface area contributed by atoms with Gasteiger partial charge in [0, 0.05) is 11.6 Å². The van der Waals surface area contributed by atoms with Crippen LogP contribution in [0.15, 0.2) is 0 Å². The zero-order valence-corrected chi connectivity index (χ0v) is 5.64. The molecule has 2 heteroatoms. The van der Waals surface area contributed by atoms with E-state index in [1.54, 1.807) is 0 Å². The Morgan fingerprint density at radius 2 is 1.89 bits per heavy atom. The summed E-state index contributed by atoms with van der Waals surface area (Å²) in [6.07, 6.45) is 4.95. The van der Waals surface area contributed by atoms with Crippen LogP contribution in [-0.2, 0) is 0 Å². The highest BCUT2D eigenvalue weighted by Gasteiger charge is 2.49. The van der Waals surface area contributed by atoms with E-state index in [9.17, 15) is 0 Å². The van der Waals surface area contributed by atoms with E-state index >= 15 is 0 Å². The standard InChI is InChI=1S/C7H14N2/c8-6(5-1-2-5)7(9)3-4-7/h5-6H,1-4,8-9H2/t6-/m1/s1. The van der Waals surface area contributed by atoms with E-state index in [2.05, 4.69) is 0 Å². The highest BCUT2D eigenvalue weighted by molar-refractivity contribution is 5.10. The Balaban J connectivity index is 1.95. The van der Waals surface area contributed by atoms with Crippen molar-refractivity contribution in [1.82, 2.24) is 0 Å². The van der Waals surface area contributed by atoms with Crippen molar-refractivity contribution in [2.24, 2.45) is 17.4 Å². The molecule has 0 unspecified atom stereocenters. The monoisotopic (exact) mass is 126 g/mol. The molecule has 2 aliphatic carbocycles. The maximum atomic E-state index is 5.91. The van der Waals surface area contributed by atoms with Gasteiger partial charge in [-0.25, -0.2) is 0 Å². The van der Waals surface area contributed by atoms with Gasteiger partial charge in [-0.15, -0.1) is 0 Å². The van der Waals surface area contributed by atoms with Gasteiger partial charge in [-0.2, -0.15) is 0 Å². The molecule has 0 saturated heterocycles. The van der Waals surface area contributed by atoms with Crippen molar-refractivity contribution in [2.45, 2.75) is 37.3 Å². The molecule has 9 heavy (non-hydrogen) atoms. The molecule has 0 spiro atoms. The van der Waals surface area contributed by atoms with Crippen molar-refractivity contribution in [2.75, 3.05) is 0 Å². The van der Waals surface area contributed by atoms with Gasteiger partial charge in [-0.1, -0.05) is 0 Å². The van der Waals surface area contributed by atoms with Gasteiger partial charge in [0.2, 0.25) is 0 Å². The highest BCUT2D eigenvalue weighted by atomic mass is 14.9. The predicted octanol–water partition coefficient (Wildman–Crippen LogP) is 0.215. The largest absolute Gasteiger partial charge is 0.326 e. The van der Waals surface area contributed by atoms with Crippen LogP contribution in [0.3, 0.4) is 0 Å². The van der Waals surface area contributed by atoms with E-state index in [-0.39, 0.29) is 5.54 Å². The van der Waals surface area contributed by atoms with Crippen LogP contribution in [0.25, 0.3) is 0 Å². The van der Waals surface area contributed by atoms with Crippen LogP contribution < -0.4 is 11.5 Å². The summed E-state index contributed by atoms with van der Waals surface area (Å²) in [6, 6.07) is 0.317. The molecular weight excluding hydrogens is 112 g/mol. The number of nitrogens with two attached hydrogens (primary N) is 2. The minimum absolute atomic E-state index is 0.0706. The Morgan fingerprint density at radius 1 is 1.33 bits per heavy atom. The second-order valence-corrected chi connectivity index (χ2v) is 3.60. The first kappa shape index (κ1) is 5.69. The average molecular weight is 126 g/mol. The molecule has 0 aromatic rings. The van der Waals surface area contributed by atoms with Crippen LogP contribution in [0.4, 0.5) is 0 Å². The fraction of sp³-hybridized carbons (Fsp3) is 1.00. The molecule has 2 saturated carbocycles. The first-order chi connectivity index (χ1) is 4.22. The van der Waals surface area contributed by atoms with Gasteiger partial charge in [-0.05, 0) is 31.6 Å². The molecule has 0 heterocycles. The maximum absolute atomic E-state index is 5.91. The van der Waals surface area contributed by atoms with Gasteiger partial charge in [-0.3, -0.25) is 0 Å². The van der Waals surface area contributed by atoms with Crippen molar-refractivity contribution >= 4 is 0 Å². The molecule has 52 valence electrons. The van der Waals surface area contributed by atoms with Crippen LogP contribution in [-0.4, -0.2) is 11.6 Å². The lowest BCUT2D eigenvalue weighted by Gasteiger charge is -2.17. The van der Waals surface area contributed by atoms with Crippen LogP contribution in [0, 0.1) is 5.92 Å². The van der Waals surface area contributed by atoms with Crippen molar-refractivity contribution in [3.63, 3.8) is 0 Å². The van der Waals surface area contributed by atoms with Gasteiger partial charge in [0.05, 0.1) is 0 Å². The molecule has 2 aliphatic rings. The van der Waals surface area contributed by atoms with Crippen molar-refractivity contribution < 1.29 is 0 Å². The summed E-state index contributed by atoms with van der Waals surface area (Å²) >= 11 is 0. The lowest BCUT2D eigenvalue weighted by Crippen LogP contribution is -2.45. The molecule has 0 aromatic heterocycles. The second kappa shape index (κ2) is 1.50. The van der Waals surface area contributed by atoms with E-state index in [0.717, 1.165) is 18.8 Å². The minimum Gasteiger partial charge on any atom is -0.326 e. The lowest BCUT2D eigenvalue weighted by atomic mass is 10.0. The zero-order valence-electron chi connectivity index (χ0n) is 5.64. The predicted molar refractivity (Wildman–Crippen MR) is 36.9 cm³/mol. The Labute approximate surface area is 55.6 Å². The van der Waals surface area contributed by atoms with E-state index in [1.807, 2.05) is 0 Å². The fourth-order valence-electron chi connectivity index (χ4n) is 1.40. The Hall–Kier alpha value is -0.0800. The minimum atomic E-state index is 0.0706. The summed E-state index contributed by atoms with van der Waals surface area (Å²) in [7, 11) is 0. The van der Waals surface area contributed by atoms with Crippen molar-refractivity contribution in [3.05, 3.63) is 0 Å². The van der Waals surface area contributed by atoms with Crippen LogP contribution in [0.2, 0.25) is 0 Å². The maximum Gasteiger partial charge on any atom is 0.0311 e. The summed E-state index contributed by atoms with van der Waals surface area (Å²) in [5.41, 5.74) is 11.9. The molecule has 0 aliphatic heterocycles. The van der Waals surface area contributed by atoms with E-state index < -0.39 is 0 Å². The molecule has 0 amide bonds. The summed E-state index contributed by atoms with van der Waals surface area (Å²) in [5, 5.41) is 0. The fourth-order valence-corrected chi connectivity index (χ4v) is 1.40. The summed E-state index contributed by atoms with van der Waals surface area (Å²) in [4.78, 5) is 0. The molecule has 1 atom stereocenters. The van der Waals surface area contributed by atoms with Gasteiger partial charge in [0.25, 0.3) is 0 Å². The number of hydrogen-bond acceptors (Lipinski definition) is 2. The smallest absolute Gasteiger partial charge is 0.0311 e. The van der Waals surface area contributed by atoms with E-state index in [0.29, 0.717) is 6.04 Å². The first-order valence-electron chi connectivity index (χ1n) is 3.77. The Morgan fingerprint density at radius 3 is 2.22 bits per heavy atom. The molecular formula is C7H14N2. The summed E-state index contributed by atoms with van der Waals surface area (Å²) in [5.74, 6) is 0.775. The van der Waals surface area contributed by atoms with Gasteiger partial charge < -0.3 is 11.5 Å². The molecule has 0 aromatic carbocycles. The molecule has 2 rings (SSSR count). The molecule has 2 nitrogen and oxygen atoms in total. The molecule has 0 bridgehead atoms. The van der Waals surface area contributed by atoms with Crippen molar-refractivity contribution in [1.29, 1.82) is 0 Å². The lowest BCUT2D eigenvalue weighted by molar-refractivity contribution is 0.465. The van der Waals surface area contributed by atoms with Gasteiger partial charge in [0.15, 0.2) is 0 Å². The van der Waals surface area contributed by atoms with Crippen LogP contribution in [0.1, 0.15) is 25.7 Å².